The molecule has 0 spiro atoms. The molecule has 1 heterocycles. The zero-order chi connectivity index (χ0) is 17.7. The van der Waals surface area contributed by atoms with Crippen LogP contribution in [-0.4, -0.2) is 42.3 Å². The highest BCUT2D eigenvalue weighted by Gasteiger charge is 2.29. The Morgan fingerprint density at radius 2 is 2.17 bits per heavy atom. The third kappa shape index (κ3) is 5.56. The predicted molar refractivity (Wildman–Crippen MR) is 95.7 cm³/mol. The van der Waals surface area contributed by atoms with Crippen LogP contribution in [-0.2, 0) is 11.3 Å². The molecule has 24 heavy (non-hydrogen) atoms. The molecule has 0 aliphatic carbocycles. The van der Waals surface area contributed by atoms with Crippen LogP contribution in [0, 0.1) is 0 Å². The maximum Gasteiger partial charge on any atom is 0.410 e. The van der Waals surface area contributed by atoms with Crippen LogP contribution < -0.4 is 10.1 Å². The average molecular weight is 355 g/mol. The topological polar surface area (TPSA) is 50.8 Å². The molecule has 0 bridgehead atoms. The highest BCUT2D eigenvalue weighted by atomic mass is 35.5. The molecule has 1 aliphatic heterocycles. The number of nitrogens with one attached hydrogen (secondary N) is 1. The Morgan fingerprint density at radius 3 is 2.83 bits per heavy atom. The monoisotopic (exact) mass is 354 g/mol. The van der Waals surface area contributed by atoms with Gasteiger partial charge in [0.25, 0.3) is 0 Å². The Labute approximate surface area is 149 Å². The smallest absolute Gasteiger partial charge is 0.410 e. The van der Waals surface area contributed by atoms with E-state index < -0.39 is 5.60 Å². The predicted octanol–water partition coefficient (Wildman–Crippen LogP) is 3.84. The molecule has 0 radical (unpaired) electrons. The number of halogens is 1. The summed E-state index contributed by atoms with van der Waals surface area (Å²) in [6.07, 6.45) is 0.661. The Balaban J connectivity index is 1.88. The van der Waals surface area contributed by atoms with E-state index in [1.165, 1.54) is 0 Å². The fourth-order valence-corrected chi connectivity index (χ4v) is 2.85. The van der Waals surface area contributed by atoms with Gasteiger partial charge in [-0.15, -0.1) is 0 Å². The number of carbonyl (C=O) groups excluding carboxylic acids is 1. The lowest BCUT2D eigenvalue weighted by Crippen LogP contribution is -2.38. The fraction of sp³-hybridized carbons (Fsp3) is 0.611. The molecular formula is C18H27ClN2O3. The van der Waals surface area contributed by atoms with Crippen LogP contribution in [0.5, 0.6) is 5.75 Å². The van der Waals surface area contributed by atoms with Crippen LogP contribution in [0.25, 0.3) is 0 Å². The normalized spacial score (nSPS) is 17.9. The molecule has 0 aromatic heterocycles. The van der Waals surface area contributed by atoms with Gasteiger partial charge in [0, 0.05) is 36.3 Å². The first-order valence-electron chi connectivity index (χ1n) is 8.41. The van der Waals surface area contributed by atoms with Crippen molar-refractivity contribution in [3.63, 3.8) is 0 Å². The number of carbonyl (C=O) groups is 1. The minimum Gasteiger partial charge on any atom is -0.494 e. The van der Waals surface area contributed by atoms with E-state index in [1.54, 1.807) is 4.90 Å². The molecule has 1 amide bonds. The fourth-order valence-electron chi connectivity index (χ4n) is 2.66. The summed E-state index contributed by atoms with van der Waals surface area (Å²) in [6.45, 7) is 10.2. The summed E-state index contributed by atoms with van der Waals surface area (Å²) in [5.74, 6) is 0.844. The second kappa shape index (κ2) is 8.08. The zero-order valence-electron chi connectivity index (χ0n) is 14.9. The standard InChI is InChI=1S/C18H27ClN2O3/c1-5-23-16-7-6-14(19)10-13(16)11-20-15-8-9-21(12-15)17(22)24-18(2,3)4/h6-7,10,15,20H,5,8-9,11-12H2,1-4H3/t15-/m1/s1. The van der Waals surface area contributed by atoms with Crippen LogP contribution in [0.1, 0.15) is 39.7 Å². The number of likely N-dealkylation sites (tertiary alicyclic amines) is 1. The van der Waals surface area contributed by atoms with Gasteiger partial charge < -0.3 is 19.7 Å². The Hall–Kier alpha value is -1.46. The number of benzene rings is 1. The Bertz CT molecular complexity index is 572. The molecule has 5 nitrogen and oxygen atoms in total. The lowest BCUT2D eigenvalue weighted by atomic mass is 10.1. The third-order valence-electron chi connectivity index (χ3n) is 3.74. The number of ether oxygens (including phenoxy) is 2. The largest absolute Gasteiger partial charge is 0.494 e. The molecular weight excluding hydrogens is 328 g/mol. The number of hydrogen-bond acceptors (Lipinski definition) is 4. The molecule has 134 valence electrons. The van der Waals surface area contributed by atoms with Crippen molar-refractivity contribution >= 4 is 17.7 Å². The summed E-state index contributed by atoms with van der Waals surface area (Å²) in [6, 6.07) is 5.88. The van der Waals surface area contributed by atoms with Crippen molar-refractivity contribution in [2.45, 2.75) is 52.3 Å². The highest BCUT2D eigenvalue weighted by molar-refractivity contribution is 6.30. The van der Waals surface area contributed by atoms with E-state index in [4.69, 9.17) is 21.1 Å². The quantitative estimate of drug-likeness (QED) is 0.872. The summed E-state index contributed by atoms with van der Waals surface area (Å²) < 4.78 is 11.1. The van der Waals surface area contributed by atoms with Crippen molar-refractivity contribution in [2.24, 2.45) is 0 Å². The van der Waals surface area contributed by atoms with E-state index in [9.17, 15) is 4.79 Å². The minimum absolute atomic E-state index is 0.242. The molecule has 1 aromatic rings. The van der Waals surface area contributed by atoms with Crippen molar-refractivity contribution in [1.82, 2.24) is 10.2 Å². The second-order valence-electron chi connectivity index (χ2n) is 6.98. The van der Waals surface area contributed by atoms with Gasteiger partial charge in [-0.2, -0.15) is 0 Å². The van der Waals surface area contributed by atoms with Gasteiger partial charge in [-0.3, -0.25) is 0 Å². The van der Waals surface area contributed by atoms with E-state index >= 15 is 0 Å². The van der Waals surface area contributed by atoms with Crippen molar-refractivity contribution < 1.29 is 14.3 Å². The van der Waals surface area contributed by atoms with Gasteiger partial charge >= 0.3 is 6.09 Å². The molecule has 1 atom stereocenters. The molecule has 1 saturated heterocycles. The van der Waals surface area contributed by atoms with Gasteiger partial charge in [0.1, 0.15) is 11.4 Å². The first-order valence-corrected chi connectivity index (χ1v) is 8.79. The van der Waals surface area contributed by atoms with E-state index in [0.29, 0.717) is 31.3 Å². The summed E-state index contributed by atoms with van der Waals surface area (Å²) in [5.41, 5.74) is 0.565. The summed E-state index contributed by atoms with van der Waals surface area (Å²) in [7, 11) is 0. The van der Waals surface area contributed by atoms with Gasteiger partial charge in [-0.1, -0.05) is 11.6 Å². The second-order valence-corrected chi connectivity index (χ2v) is 7.41. The zero-order valence-corrected chi connectivity index (χ0v) is 15.7. The molecule has 1 fully saturated rings. The van der Waals surface area contributed by atoms with E-state index in [1.807, 2.05) is 45.9 Å². The summed E-state index contributed by atoms with van der Waals surface area (Å²) >= 11 is 6.09. The van der Waals surface area contributed by atoms with Crippen molar-refractivity contribution in [3.05, 3.63) is 28.8 Å². The lowest BCUT2D eigenvalue weighted by molar-refractivity contribution is 0.0291. The maximum atomic E-state index is 12.1. The molecule has 2 rings (SSSR count). The highest BCUT2D eigenvalue weighted by Crippen LogP contribution is 2.23. The van der Waals surface area contributed by atoms with E-state index in [-0.39, 0.29) is 12.1 Å². The van der Waals surface area contributed by atoms with Gasteiger partial charge in [-0.25, -0.2) is 4.79 Å². The van der Waals surface area contributed by atoms with Crippen LogP contribution >= 0.6 is 11.6 Å². The molecule has 0 saturated carbocycles. The van der Waals surface area contributed by atoms with Gasteiger partial charge in [-0.05, 0) is 52.3 Å². The van der Waals surface area contributed by atoms with Crippen LogP contribution in [0.4, 0.5) is 4.79 Å². The third-order valence-corrected chi connectivity index (χ3v) is 3.98. The van der Waals surface area contributed by atoms with Crippen LogP contribution in [0.15, 0.2) is 18.2 Å². The number of amides is 1. The molecule has 1 aliphatic rings. The van der Waals surface area contributed by atoms with Gasteiger partial charge in [0.2, 0.25) is 0 Å². The maximum absolute atomic E-state index is 12.1. The van der Waals surface area contributed by atoms with Gasteiger partial charge in [0.05, 0.1) is 6.61 Å². The molecule has 1 aromatic carbocycles. The summed E-state index contributed by atoms with van der Waals surface area (Å²) in [4.78, 5) is 13.9. The van der Waals surface area contributed by atoms with Crippen LogP contribution in [0.3, 0.4) is 0 Å². The SMILES string of the molecule is CCOc1ccc(Cl)cc1CN[C@@H]1CCN(C(=O)OC(C)(C)C)C1. The number of rotatable bonds is 5. The molecule has 6 heteroatoms. The van der Waals surface area contributed by atoms with Gasteiger partial charge in [0.15, 0.2) is 0 Å². The molecule has 0 unspecified atom stereocenters. The lowest BCUT2D eigenvalue weighted by Gasteiger charge is -2.24. The van der Waals surface area contributed by atoms with E-state index in [2.05, 4.69) is 5.32 Å². The van der Waals surface area contributed by atoms with E-state index in [0.717, 1.165) is 17.7 Å². The summed E-state index contributed by atoms with van der Waals surface area (Å²) in [5, 5.41) is 4.18. The molecule has 1 N–H and O–H groups in total. The van der Waals surface area contributed by atoms with Crippen molar-refractivity contribution in [2.75, 3.05) is 19.7 Å². The Morgan fingerprint density at radius 1 is 1.42 bits per heavy atom. The van der Waals surface area contributed by atoms with Crippen LogP contribution in [0.2, 0.25) is 5.02 Å². The minimum atomic E-state index is -0.463. The first-order chi connectivity index (χ1) is 11.3. The number of hydrogen-bond donors (Lipinski definition) is 1. The first kappa shape index (κ1) is 18.9. The Kier molecular flexibility index (Phi) is 6.35. The average Bonchev–Trinajstić information content (AvgIpc) is 2.95. The van der Waals surface area contributed by atoms with Crippen molar-refractivity contribution in [3.8, 4) is 5.75 Å². The number of nitrogens with zero attached hydrogens (tertiary/aromatic N) is 1. The van der Waals surface area contributed by atoms with Crippen molar-refractivity contribution in [1.29, 1.82) is 0 Å².